The summed E-state index contributed by atoms with van der Waals surface area (Å²) in [6.45, 7) is 2.15. The Morgan fingerprint density at radius 1 is 1.14 bits per heavy atom. The van der Waals surface area contributed by atoms with Gasteiger partial charge in [0.25, 0.3) is 5.91 Å². The average molecular weight is 392 g/mol. The summed E-state index contributed by atoms with van der Waals surface area (Å²) in [5.74, 6) is -0.741. The van der Waals surface area contributed by atoms with Crippen LogP contribution in [0.4, 0.5) is 4.79 Å². The van der Waals surface area contributed by atoms with Crippen molar-refractivity contribution in [3.63, 3.8) is 0 Å². The Kier molecular flexibility index (Phi) is 8.74. The van der Waals surface area contributed by atoms with Crippen molar-refractivity contribution in [2.24, 2.45) is 0 Å². The van der Waals surface area contributed by atoms with Crippen molar-refractivity contribution in [1.82, 2.24) is 10.6 Å². The summed E-state index contributed by atoms with van der Waals surface area (Å²) in [5, 5.41) is 4.95. The molecule has 0 saturated heterocycles. The lowest BCUT2D eigenvalue weighted by molar-refractivity contribution is -0.123. The summed E-state index contributed by atoms with van der Waals surface area (Å²) in [7, 11) is 1.53. The summed E-state index contributed by atoms with van der Waals surface area (Å²) in [6.07, 6.45) is 5.15. The topological polar surface area (TPSA) is 103 Å². The SMILES string of the molecule is CCOCc1cc(C(=O)OCC(=O)NC(=O)NC2CCCCC2)ccc1OC. The molecule has 0 bridgehead atoms. The van der Waals surface area contributed by atoms with E-state index in [4.69, 9.17) is 14.2 Å². The van der Waals surface area contributed by atoms with Crippen molar-refractivity contribution in [1.29, 1.82) is 0 Å². The fourth-order valence-corrected chi connectivity index (χ4v) is 3.08. The number of imide groups is 1. The van der Waals surface area contributed by atoms with Gasteiger partial charge in [0.05, 0.1) is 19.3 Å². The van der Waals surface area contributed by atoms with E-state index in [-0.39, 0.29) is 11.6 Å². The van der Waals surface area contributed by atoms with Crippen LogP contribution in [0.15, 0.2) is 18.2 Å². The maximum Gasteiger partial charge on any atom is 0.338 e. The minimum Gasteiger partial charge on any atom is -0.496 e. The van der Waals surface area contributed by atoms with Crippen LogP contribution in [0.25, 0.3) is 0 Å². The van der Waals surface area contributed by atoms with Gasteiger partial charge < -0.3 is 19.5 Å². The van der Waals surface area contributed by atoms with Crippen LogP contribution in [0.5, 0.6) is 5.75 Å². The third kappa shape index (κ3) is 6.84. The lowest BCUT2D eigenvalue weighted by atomic mass is 9.96. The molecule has 28 heavy (non-hydrogen) atoms. The smallest absolute Gasteiger partial charge is 0.338 e. The second-order valence-electron chi connectivity index (χ2n) is 6.60. The van der Waals surface area contributed by atoms with Crippen LogP contribution in [0.2, 0.25) is 0 Å². The van der Waals surface area contributed by atoms with E-state index in [1.165, 1.54) is 13.5 Å². The first kappa shape index (κ1) is 21.7. The van der Waals surface area contributed by atoms with Crippen molar-refractivity contribution in [3.8, 4) is 5.75 Å². The van der Waals surface area contributed by atoms with Crippen molar-refractivity contribution < 1.29 is 28.6 Å². The zero-order valence-electron chi connectivity index (χ0n) is 16.4. The first-order chi connectivity index (χ1) is 13.5. The molecule has 1 aromatic rings. The lowest BCUT2D eigenvalue weighted by Gasteiger charge is -2.22. The largest absolute Gasteiger partial charge is 0.496 e. The highest BCUT2D eigenvalue weighted by Crippen LogP contribution is 2.21. The van der Waals surface area contributed by atoms with Gasteiger partial charge in [-0.1, -0.05) is 19.3 Å². The monoisotopic (exact) mass is 392 g/mol. The maximum absolute atomic E-state index is 12.2. The van der Waals surface area contributed by atoms with Gasteiger partial charge in [-0.2, -0.15) is 0 Å². The molecule has 1 fully saturated rings. The number of carbonyl (C=O) groups is 3. The van der Waals surface area contributed by atoms with E-state index in [1.54, 1.807) is 18.2 Å². The lowest BCUT2D eigenvalue weighted by Crippen LogP contribution is -2.46. The molecule has 0 unspecified atom stereocenters. The molecule has 2 N–H and O–H groups in total. The molecule has 0 aromatic heterocycles. The first-order valence-corrected chi connectivity index (χ1v) is 9.55. The third-order valence-corrected chi connectivity index (χ3v) is 4.51. The highest BCUT2D eigenvalue weighted by molar-refractivity contribution is 5.97. The number of benzene rings is 1. The predicted molar refractivity (Wildman–Crippen MR) is 102 cm³/mol. The number of hydrogen-bond acceptors (Lipinski definition) is 6. The van der Waals surface area contributed by atoms with Crippen LogP contribution in [-0.4, -0.2) is 44.3 Å². The van der Waals surface area contributed by atoms with Gasteiger partial charge in [-0.3, -0.25) is 10.1 Å². The molecule has 0 atom stereocenters. The first-order valence-electron chi connectivity index (χ1n) is 9.55. The van der Waals surface area contributed by atoms with Crippen LogP contribution >= 0.6 is 0 Å². The number of urea groups is 1. The van der Waals surface area contributed by atoms with Crippen LogP contribution in [0.1, 0.15) is 54.9 Å². The van der Waals surface area contributed by atoms with Crippen molar-refractivity contribution in [2.45, 2.75) is 51.7 Å². The number of hydrogen-bond donors (Lipinski definition) is 2. The number of amides is 3. The second-order valence-corrected chi connectivity index (χ2v) is 6.60. The Morgan fingerprint density at radius 3 is 2.57 bits per heavy atom. The highest BCUT2D eigenvalue weighted by atomic mass is 16.5. The van der Waals surface area contributed by atoms with Gasteiger partial charge in [-0.15, -0.1) is 0 Å². The van der Waals surface area contributed by atoms with E-state index in [2.05, 4.69) is 10.6 Å². The molecule has 1 aliphatic carbocycles. The zero-order chi connectivity index (χ0) is 20.4. The van der Waals surface area contributed by atoms with Gasteiger partial charge in [-0.05, 0) is 38.0 Å². The van der Waals surface area contributed by atoms with E-state index < -0.39 is 24.5 Å². The standard InChI is InChI=1S/C20H28N2O6/c1-3-27-12-15-11-14(9-10-17(15)26-2)19(24)28-13-18(23)22-20(25)21-16-7-5-4-6-8-16/h9-11,16H,3-8,12-13H2,1-2H3,(H2,21,22,23,25). The van der Waals surface area contributed by atoms with Crippen LogP contribution < -0.4 is 15.4 Å². The molecule has 0 radical (unpaired) electrons. The molecule has 0 heterocycles. The molecular weight excluding hydrogens is 364 g/mol. The molecule has 3 amide bonds. The molecule has 154 valence electrons. The molecule has 1 aromatic carbocycles. The maximum atomic E-state index is 12.2. The summed E-state index contributed by atoms with van der Waals surface area (Å²) >= 11 is 0. The fraction of sp³-hybridized carbons (Fsp3) is 0.550. The Labute approximate surface area is 164 Å². The van der Waals surface area contributed by atoms with Gasteiger partial charge in [0.1, 0.15) is 5.75 Å². The van der Waals surface area contributed by atoms with Crippen molar-refractivity contribution >= 4 is 17.9 Å². The molecule has 1 saturated carbocycles. The molecule has 0 aliphatic heterocycles. The number of nitrogens with one attached hydrogen (secondary N) is 2. The number of esters is 1. The average Bonchev–Trinajstić information content (AvgIpc) is 2.70. The number of rotatable bonds is 8. The van der Waals surface area contributed by atoms with Crippen LogP contribution in [0.3, 0.4) is 0 Å². The van der Waals surface area contributed by atoms with E-state index >= 15 is 0 Å². The van der Waals surface area contributed by atoms with Gasteiger partial charge in [0.2, 0.25) is 0 Å². The molecule has 8 nitrogen and oxygen atoms in total. The number of methoxy groups -OCH3 is 1. The van der Waals surface area contributed by atoms with Gasteiger partial charge in [0, 0.05) is 18.2 Å². The molecule has 8 heteroatoms. The Bertz CT molecular complexity index is 685. The quantitative estimate of drug-likeness (QED) is 0.659. The molecule has 0 spiro atoms. The normalized spacial score (nSPS) is 14.2. The highest BCUT2D eigenvalue weighted by Gasteiger charge is 2.18. The van der Waals surface area contributed by atoms with Gasteiger partial charge in [0.15, 0.2) is 6.61 Å². The number of carbonyl (C=O) groups excluding carboxylic acids is 3. The van der Waals surface area contributed by atoms with Gasteiger partial charge >= 0.3 is 12.0 Å². The van der Waals surface area contributed by atoms with Gasteiger partial charge in [-0.25, -0.2) is 9.59 Å². The third-order valence-electron chi connectivity index (χ3n) is 4.51. The molecule has 1 aliphatic rings. The summed E-state index contributed by atoms with van der Waals surface area (Å²) in [6, 6.07) is 4.32. The predicted octanol–water partition coefficient (Wildman–Crippen LogP) is 2.55. The van der Waals surface area contributed by atoms with Crippen molar-refractivity contribution in [2.75, 3.05) is 20.3 Å². The minimum atomic E-state index is -0.676. The summed E-state index contributed by atoms with van der Waals surface area (Å²) < 4.78 is 15.6. The van der Waals surface area contributed by atoms with Crippen LogP contribution in [0, 0.1) is 0 Å². The van der Waals surface area contributed by atoms with Crippen LogP contribution in [-0.2, 0) is 20.9 Å². The summed E-state index contributed by atoms with van der Waals surface area (Å²) in [5.41, 5.74) is 0.977. The van der Waals surface area contributed by atoms with E-state index in [0.29, 0.717) is 24.5 Å². The Balaban J connectivity index is 1.81. The second kappa shape index (κ2) is 11.3. The minimum absolute atomic E-state index is 0.0900. The Hall–Kier alpha value is -2.61. The van der Waals surface area contributed by atoms with E-state index in [0.717, 1.165) is 25.7 Å². The van der Waals surface area contributed by atoms with E-state index in [9.17, 15) is 14.4 Å². The fourth-order valence-electron chi connectivity index (χ4n) is 3.08. The van der Waals surface area contributed by atoms with E-state index in [1.807, 2.05) is 6.92 Å². The summed E-state index contributed by atoms with van der Waals surface area (Å²) in [4.78, 5) is 35.9. The number of ether oxygens (including phenoxy) is 3. The zero-order valence-corrected chi connectivity index (χ0v) is 16.4. The Morgan fingerprint density at radius 2 is 1.89 bits per heavy atom. The molecule has 2 rings (SSSR count). The van der Waals surface area contributed by atoms with Crippen molar-refractivity contribution in [3.05, 3.63) is 29.3 Å². The molecular formula is C20H28N2O6.